The summed E-state index contributed by atoms with van der Waals surface area (Å²) in [5.41, 5.74) is 1.19. The average molecular weight is 253 g/mol. The van der Waals surface area contributed by atoms with Crippen molar-refractivity contribution >= 4 is 11.6 Å². The van der Waals surface area contributed by atoms with Gasteiger partial charge in [0.05, 0.1) is 6.61 Å². The highest BCUT2D eigenvalue weighted by molar-refractivity contribution is 6.30. The fourth-order valence-corrected chi connectivity index (χ4v) is 2.00. The lowest BCUT2D eigenvalue weighted by Crippen LogP contribution is -2.02. The summed E-state index contributed by atoms with van der Waals surface area (Å²) in [4.78, 5) is 0. The second kappa shape index (κ2) is 7.39. The molecule has 0 aliphatic heterocycles. The van der Waals surface area contributed by atoms with Crippen molar-refractivity contribution in [3.05, 3.63) is 40.9 Å². The molecule has 0 saturated carbocycles. The van der Waals surface area contributed by atoms with Gasteiger partial charge in [-0.25, -0.2) is 0 Å². The van der Waals surface area contributed by atoms with Crippen LogP contribution in [0.3, 0.4) is 0 Å². The molecule has 0 bridgehead atoms. The molecule has 0 aliphatic carbocycles. The van der Waals surface area contributed by atoms with Crippen LogP contribution in [0.15, 0.2) is 30.4 Å². The maximum absolute atomic E-state index is 6.04. The minimum absolute atomic E-state index is 0.502. The minimum atomic E-state index is 0.502. The topological polar surface area (TPSA) is 9.23 Å². The zero-order valence-electron chi connectivity index (χ0n) is 10.9. The van der Waals surface area contributed by atoms with Crippen LogP contribution in [-0.2, 0) is 6.42 Å². The van der Waals surface area contributed by atoms with Crippen LogP contribution >= 0.6 is 11.6 Å². The first-order valence-electron chi connectivity index (χ1n) is 6.21. The maximum Gasteiger partial charge on any atom is 0.122 e. The quantitative estimate of drug-likeness (QED) is 0.656. The molecule has 17 heavy (non-hydrogen) atoms. The predicted molar refractivity (Wildman–Crippen MR) is 74.9 cm³/mol. The first-order chi connectivity index (χ1) is 8.17. The molecule has 0 radical (unpaired) electrons. The summed E-state index contributed by atoms with van der Waals surface area (Å²) in [6.07, 6.45) is 6.27. The maximum atomic E-state index is 6.04. The smallest absolute Gasteiger partial charge is 0.122 e. The molecule has 0 N–H and O–H groups in total. The molecule has 0 amide bonds. The van der Waals surface area contributed by atoms with Gasteiger partial charge in [0.25, 0.3) is 0 Å². The first kappa shape index (κ1) is 14.1. The Morgan fingerprint density at radius 3 is 2.82 bits per heavy atom. The third-order valence-electron chi connectivity index (χ3n) is 2.55. The van der Waals surface area contributed by atoms with E-state index in [2.05, 4.69) is 26.0 Å². The van der Waals surface area contributed by atoms with Crippen molar-refractivity contribution in [2.45, 2.75) is 33.6 Å². The number of benzene rings is 1. The van der Waals surface area contributed by atoms with Gasteiger partial charge in [0, 0.05) is 5.02 Å². The fraction of sp³-hybridized carbons (Fsp3) is 0.467. The predicted octanol–water partition coefficient (Wildman–Crippen LogP) is 4.88. The van der Waals surface area contributed by atoms with Gasteiger partial charge in [-0.05, 0) is 49.4 Å². The zero-order chi connectivity index (χ0) is 12.7. The van der Waals surface area contributed by atoms with Crippen LogP contribution in [0.1, 0.15) is 32.8 Å². The summed E-state index contributed by atoms with van der Waals surface area (Å²) in [5, 5.41) is 0.775. The molecule has 0 saturated heterocycles. The van der Waals surface area contributed by atoms with Gasteiger partial charge in [-0.1, -0.05) is 37.6 Å². The van der Waals surface area contributed by atoms with Crippen LogP contribution in [0.2, 0.25) is 5.02 Å². The van der Waals surface area contributed by atoms with Gasteiger partial charge in [0.15, 0.2) is 0 Å². The van der Waals surface area contributed by atoms with E-state index in [0.717, 1.165) is 30.2 Å². The number of hydrogen-bond donors (Lipinski definition) is 0. The van der Waals surface area contributed by atoms with Crippen molar-refractivity contribution in [1.29, 1.82) is 0 Å². The minimum Gasteiger partial charge on any atom is -0.493 e. The van der Waals surface area contributed by atoms with Crippen molar-refractivity contribution in [2.75, 3.05) is 6.61 Å². The number of ether oxygens (including phenoxy) is 1. The molecule has 0 aliphatic rings. The van der Waals surface area contributed by atoms with Crippen molar-refractivity contribution in [3.8, 4) is 5.75 Å². The van der Waals surface area contributed by atoms with E-state index in [9.17, 15) is 0 Å². The summed E-state index contributed by atoms with van der Waals surface area (Å²) in [6, 6.07) is 5.86. The van der Waals surface area contributed by atoms with E-state index in [4.69, 9.17) is 16.3 Å². The highest BCUT2D eigenvalue weighted by Gasteiger charge is 2.07. The van der Waals surface area contributed by atoms with E-state index in [-0.39, 0.29) is 0 Å². The monoisotopic (exact) mass is 252 g/mol. The molecule has 1 aromatic carbocycles. The lowest BCUT2D eigenvalue weighted by molar-refractivity contribution is 0.313. The molecule has 2 heteroatoms. The molecule has 94 valence electrons. The molecular formula is C15H21ClO. The van der Waals surface area contributed by atoms with Crippen LogP contribution < -0.4 is 4.74 Å². The van der Waals surface area contributed by atoms with E-state index < -0.39 is 0 Å². The third kappa shape index (κ3) is 4.82. The third-order valence-corrected chi connectivity index (χ3v) is 2.78. The van der Waals surface area contributed by atoms with E-state index in [1.165, 1.54) is 5.56 Å². The summed E-state index contributed by atoms with van der Waals surface area (Å²) in [7, 11) is 0. The molecule has 0 aromatic heterocycles. The summed E-state index contributed by atoms with van der Waals surface area (Å²) in [6.45, 7) is 7.11. The number of halogens is 1. The van der Waals surface area contributed by atoms with Gasteiger partial charge < -0.3 is 4.74 Å². The average Bonchev–Trinajstić information content (AvgIpc) is 2.28. The second-order valence-corrected chi connectivity index (χ2v) is 4.74. The van der Waals surface area contributed by atoms with Crippen molar-refractivity contribution < 1.29 is 4.74 Å². The summed E-state index contributed by atoms with van der Waals surface area (Å²) in [5.74, 6) is 1.47. The van der Waals surface area contributed by atoms with Gasteiger partial charge in [-0.15, -0.1) is 0 Å². The zero-order valence-corrected chi connectivity index (χ0v) is 11.6. The molecule has 0 fully saturated rings. The Labute approximate surface area is 109 Å². The van der Waals surface area contributed by atoms with Crippen LogP contribution in [-0.4, -0.2) is 6.61 Å². The summed E-state index contributed by atoms with van der Waals surface area (Å²) < 4.78 is 5.74. The second-order valence-electron chi connectivity index (χ2n) is 4.31. The van der Waals surface area contributed by atoms with E-state index in [0.29, 0.717) is 5.92 Å². The lowest BCUT2D eigenvalue weighted by Gasteiger charge is -2.13. The Kier molecular flexibility index (Phi) is 6.13. The fourth-order valence-electron chi connectivity index (χ4n) is 1.80. The van der Waals surface area contributed by atoms with Gasteiger partial charge in [-0.2, -0.15) is 0 Å². The van der Waals surface area contributed by atoms with Gasteiger partial charge in [-0.3, -0.25) is 0 Å². The summed E-state index contributed by atoms with van der Waals surface area (Å²) >= 11 is 6.04. The largest absolute Gasteiger partial charge is 0.493 e. The van der Waals surface area contributed by atoms with E-state index >= 15 is 0 Å². The first-order valence-corrected chi connectivity index (χ1v) is 6.59. The lowest BCUT2D eigenvalue weighted by atomic mass is 10.00. The number of rotatable bonds is 6. The van der Waals surface area contributed by atoms with Gasteiger partial charge in [0.2, 0.25) is 0 Å². The van der Waals surface area contributed by atoms with Gasteiger partial charge in [0.1, 0.15) is 5.75 Å². The molecule has 1 nitrogen and oxygen atoms in total. The Hall–Kier alpha value is -0.950. The molecular weight excluding hydrogens is 232 g/mol. The number of hydrogen-bond acceptors (Lipinski definition) is 1. The Balaban J connectivity index is 2.82. The molecule has 0 spiro atoms. The molecule has 1 aromatic rings. The van der Waals surface area contributed by atoms with Crippen LogP contribution in [0.4, 0.5) is 0 Å². The van der Waals surface area contributed by atoms with E-state index in [1.54, 1.807) is 0 Å². The SMILES string of the molecule is C/C=C\C(C)Cc1cc(Cl)ccc1OCCC. The van der Waals surface area contributed by atoms with Crippen LogP contribution in [0, 0.1) is 5.92 Å². The normalized spacial score (nSPS) is 12.9. The molecule has 0 heterocycles. The van der Waals surface area contributed by atoms with Crippen molar-refractivity contribution in [1.82, 2.24) is 0 Å². The highest BCUT2D eigenvalue weighted by Crippen LogP contribution is 2.26. The van der Waals surface area contributed by atoms with Crippen LogP contribution in [0.25, 0.3) is 0 Å². The molecule has 1 atom stereocenters. The van der Waals surface area contributed by atoms with Crippen LogP contribution in [0.5, 0.6) is 5.75 Å². The van der Waals surface area contributed by atoms with Gasteiger partial charge >= 0.3 is 0 Å². The van der Waals surface area contributed by atoms with Crippen molar-refractivity contribution in [2.24, 2.45) is 5.92 Å². The Bertz CT molecular complexity index is 371. The highest BCUT2D eigenvalue weighted by atomic mass is 35.5. The number of allylic oxidation sites excluding steroid dienone is 2. The van der Waals surface area contributed by atoms with E-state index in [1.807, 2.05) is 25.1 Å². The Morgan fingerprint density at radius 2 is 2.18 bits per heavy atom. The van der Waals surface area contributed by atoms with Crippen molar-refractivity contribution in [3.63, 3.8) is 0 Å². The molecule has 1 unspecified atom stereocenters. The Morgan fingerprint density at radius 1 is 1.41 bits per heavy atom. The molecule has 1 rings (SSSR count). The standard InChI is InChI=1S/C15H21ClO/c1-4-6-12(3)10-13-11-14(16)7-8-15(13)17-9-5-2/h4,6-8,11-12H,5,9-10H2,1-3H3/b6-4-.